The van der Waals surface area contributed by atoms with E-state index in [0.717, 1.165) is 15.3 Å². The van der Waals surface area contributed by atoms with Gasteiger partial charge in [-0.25, -0.2) is 0 Å². The predicted octanol–water partition coefficient (Wildman–Crippen LogP) is 3.35. The summed E-state index contributed by atoms with van der Waals surface area (Å²) >= 11 is 7.72. The molecule has 0 spiro atoms. The number of hydrogen-bond donors (Lipinski definition) is 1. The Morgan fingerprint density at radius 2 is 1.85 bits per heavy atom. The van der Waals surface area contributed by atoms with Crippen molar-refractivity contribution < 1.29 is 9.59 Å². The minimum Gasteiger partial charge on any atom is -0.348 e. The highest BCUT2D eigenvalue weighted by atomic mass is 35.5. The average Bonchev–Trinajstić information content (AvgIpc) is 3.08. The Balaban J connectivity index is 1.47. The third-order valence-electron chi connectivity index (χ3n) is 4.73. The fraction of sp³-hybridized carbons (Fsp3) is 0.400. The molecule has 2 amide bonds. The number of aryl methyl sites for hydroxylation is 1. The second-order valence-electron chi connectivity index (χ2n) is 6.79. The summed E-state index contributed by atoms with van der Waals surface area (Å²) in [5.74, 6) is 0.0561. The minimum absolute atomic E-state index is 0.0314. The Labute approximate surface area is 168 Å². The molecule has 1 aromatic carbocycles. The molecule has 5 nitrogen and oxygen atoms in total. The van der Waals surface area contributed by atoms with E-state index in [0.29, 0.717) is 37.7 Å². The summed E-state index contributed by atoms with van der Waals surface area (Å²) in [5.41, 5.74) is 0.911. The Hall–Kier alpha value is -1.89. The van der Waals surface area contributed by atoms with Gasteiger partial charge in [0.05, 0.1) is 17.5 Å². The second-order valence-corrected chi connectivity index (χ2v) is 8.48. The van der Waals surface area contributed by atoms with Crippen LogP contribution in [0.2, 0.25) is 5.02 Å². The molecule has 1 atom stereocenters. The Kier molecular flexibility index (Phi) is 6.52. The first-order valence-corrected chi connectivity index (χ1v) is 10.3. The lowest BCUT2D eigenvalue weighted by molar-refractivity contribution is -0.123. The maximum atomic E-state index is 12.5. The molecular formula is C20H24ClN3O2S. The lowest BCUT2D eigenvalue weighted by Crippen LogP contribution is -2.51. The third-order valence-corrected chi connectivity index (χ3v) is 6.06. The summed E-state index contributed by atoms with van der Waals surface area (Å²) in [6.07, 6.45) is 0. The van der Waals surface area contributed by atoms with E-state index < -0.39 is 0 Å². The number of piperazine rings is 1. The average molecular weight is 406 g/mol. The van der Waals surface area contributed by atoms with E-state index in [9.17, 15) is 9.59 Å². The number of amides is 2. The number of benzene rings is 1. The van der Waals surface area contributed by atoms with Gasteiger partial charge in [0, 0.05) is 36.1 Å². The standard InChI is InChI=1S/C20H24ClN3O2S/c1-14-7-8-18(27-14)20(26)24-11-9-23(10-12-24)13-19(25)22-15(2)16-5-3-4-6-17(16)21/h3-8,15H,9-13H2,1-2H3,(H,22,25). The fourth-order valence-electron chi connectivity index (χ4n) is 3.21. The summed E-state index contributed by atoms with van der Waals surface area (Å²) in [5, 5.41) is 3.66. The van der Waals surface area contributed by atoms with Crippen LogP contribution in [0.3, 0.4) is 0 Å². The highest BCUT2D eigenvalue weighted by molar-refractivity contribution is 7.13. The molecule has 1 N–H and O–H groups in total. The summed E-state index contributed by atoms with van der Waals surface area (Å²) in [6, 6.07) is 11.2. The fourth-order valence-corrected chi connectivity index (χ4v) is 4.34. The molecule has 2 heterocycles. The van der Waals surface area contributed by atoms with Crippen LogP contribution in [0.15, 0.2) is 36.4 Å². The van der Waals surface area contributed by atoms with Gasteiger partial charge >= 0.3 is 0 Å². The number of hydrogen-bond acceptors (Lipinski definition) is 4. The van der Waals surface area contributed by atoms with Crippen LogP contribution < -0.4 is 5.32 Å². The van der Waals surface area contributed by atoms with Crippen molar-refractivity contribution in [2.75, 3.05) is 32.7 Å². The van der Waals surface area contributed by atoms with Gasteiger partial charge in [-0.05, 0) is 37.6 Å². The first-order chi connectivity index (χ1) is 12.9. The van der Waals surface area contributed by atoms with E-state index in [1.54, 1.807) is 0 Å². The van der Waals surface area contributed by atoms with Gasteiger partial charge in [0.15, 0.2) is 0 Å². The molecule has 0 bridgehead atoms. The molecule has 1 unspecified atom stereocenters. The maximum absolute atomic E-state index is 12.5. The molecule has 0 saturated carbocycles. The van der Waals surface area contributed by atoms with E-state index in [1.807, 2.05) is 55.1 Å². The van der Waals surface area contributed by atoms with Gasteiger partial charge in [0.1, 0.15) is 0 Å². The van der Waals surface area contributed by atoms with Crippen molar-refractivity contribution >= 4 is 34.8 Å². The molecule has 0 radical (unpaired) electrons. The predicted molar refractivity (Wildman–Crippen MR) is 109 cm³/mol. The van der Waals surface area contributed by atoms with Crippen molar-refractivity contribution in [3.8, 4) is 0 Å². The number of carbonyl (C=O) groups excluding carboxylic acids is 2. The summed E-state index contributed by atoms with van der Waals surface area (Å²) in [7, 11) is 0. The van der Waals surface area contributed by atoms with Crippen LogP contribution in [0.5, 0.6) is 0 Å². The normalized spacial score (nSPS) is 16.2. The molecular weight excluding hydrogens is 382 g/mol. The van der Waals surface area contributed by atoms with Crippen molar-refractivity contribution in [1.29, 1.82) is 0 Å². The van der Waals surface area contributed by atoms with Gasteiger partial charge in [0.25, 0.3) is 5.91 Å². The summed E-state index contributed by atoms with van der Waals surface area (Å²) in [4.78, 5) is 30.7. The number of rotatable bonds is 5. The zero-order valence-corrected chi connectivity index (χ0v) is 17.1. The number of thiophene rings is 1. The quantitative estimate of drug-likeness (QED) is 0.829. The van der Waals surface area contributed by atoms with E-state index in [2.05, 4.69) is 10.2 Å². The highest BCUT2D eigenvalue weighted by Gasteiger charge is 2.24. The summed E-state index contributed by atoms with van der Waals surface area (Å²) in [6.45, 7) is 6.94. The molecule has 2 aromatic rings. The van der Waals surface area contributed by atoms with Crippen molar-refractivity contribution in [2.24, 2.45) is 0 Å². The number of nitrogens with zero attached hydrogens (tertiary/aromatic N) is 2. The van der Waals surface area contributed by atoms with Gasteiger partial charge in [-0.1, -0.05) is 29.8 Å². The smallest absolute Gasteiger partial charge is 0.264 e. The van der Waals surface area contributed by atoms with Crippen molar-refractivity contribution in [3.05, 3.63) is 56.7 Å². The van der Waals surface area contributed by atoms with Crippen molar-refractivity contribution in [2.45, 2.75) is 19.9 Å². The Morgan fingerprint density at radius 3 is 2.48 bits per heavy atom. The first kappa shape index (κ1) is 19.9. The molecule has 1 aliphatic rings. The van der Waals surface area contributed by atoms with E-state index in [4.69, 9.17) is 11.6 Å². The molecule has 1 aromatic heterocycles. The van der Waals surface area contributed by atoms with Crippen LogP contribution in [0, 0.1) is 6.92 Å². The van der Waals surface area contributed by atoms with Crippen LogP contribution in [-0.4, -0.2) is 54.3 Å². The van der Waals surface area contributed by atoms with Gasteiger partial charge in [-0.2, -0.15) is 0 Å². The van der Waals surface area contributed by atoms with Crippen LogP contribution in [0.4, 0.5) is 0 Å². The minimum atomic E-state index is -0.142. The van der Waals surface area contributed by atoms with Crippen molar-refractivity contribution in [1.82, 2.24) is 15.1 Å². The molecule has 1 saturated heterocycles. The third kappa shape index (κ3) is 5.09. The SMILES string of the molecule is Cc1ccc(C(=O)N2CCN(CC(=O)NC(C)c3ccccc3Cl)CC2)s1. The van der Waals surface area contributed by atoms with E-state index >= 15 is 0 Å². The maximum Gasteiger partial charge on any atom is 0.264 e. The van der Waals surface area contributed by atoms with Crippen LogP contribution in [-0.2, 0) is 4.79 Å². The molecule has 27 heavy (non-hydrogen) atoms. The monoisotopic (exact) mass is 405 g/mol. The van der Waals surface area contributed by atoms with E-state index in [1.165, 1.54) is 11.3 Å². The summed E-state index contributed by atoms with van der Waals surface area (Å²) < 4.78 is 0. The molecule has 1 aliphatic heterocycles. The lowest BCUT2D eigenvalue weighted by atomic mass is 10.1. The first-order valence-electron chi connectivity index (χ1n) is 9.06. The number of halogens is 1. The largest absolute Gasteiger partial charge is 0.348 e. The topological polar surface area (TPSA) is 52.7 Å². The Morgan fingerprint density at radius 1 is 1.15 bits per heavy atom. The highest BCUT2D eigenvalue weighted by Crippen LogP contribution is 2.22. The van der Waals surface area contributed by atoms with Crippen LogP contribution in [0.25, 0.3) is 0 Å². The second kappa shape index (κ2) is 8.87. The van der Waals surface area contributed by atoms with Gasteiger partial charge in [-0.3, -0.25) is 14.5 Å². The molecule has 3 rings (SSSR count). The Bertz CT molecular complexity index is 815. The molecule has 1 fully saturated rings. The van der Waals surface area contributed by atoms with Crippen LogP contribution in [0.1, 0.15) is 33.1 Å². The van der Waals surface area contributed by atoms with Crippen molar-refractivity contribution in [3.63, 3.8) is 0 Å². The molecule has 0 aliphatic carbocycles. The van der Waals surface area contributed by atoms with E-state index in [-0.39, 0.29) is 17.9 Å². The zero-order valence-electron chi connectivity index (χ0n) is 15.6. The molecule has 7 heteroatoms. The van der Waals surface area contributed by atoms with Gasteiger partial charge < -0.3 is 10.2 Å². The molecule has 144 valence electrons. The lowest BCUT2D eigenvalue weighted by Gasteiger charge is -2.34. The number of carbonyl (C=O) groups is 2. The zero-order chi connectivity index (χ0) is 19.4. The number of nitrogens with one attached hydrogen (secondary N) is 1. The van der Waals surface area contributed by atoms with Crippen LogP contribution >= 0.6 is 22.9 Å². The van der Waals surface area contributed by atoms with Gasteiger partial charge in [-0.15, -0.1) is 11.3 Å². The van der Waals surface area contributed by atoms with Gasteiger partial charge in [0.2, 0.25) is 5.91 Å².